The third-order valence-corrected chi connectivity index (χ3v) is 2.02. The molecule has 0 aliphatic heterocycles. The first-order chi connectivity index (χ1) is 5.54. The number of hydrogen-bond acceptors (Lipinski definition) is 0. The minimum atomic E-state index is -1.22. The van der Waals surface area contributed by atoms with Gasteiger partial charge in [-0.25, -0.2) is 4.39 Å². The Morgan fingerprint density at radius 1 is 1.33 bits per heavy atom. The quantitative estimate of drug-likeness (QED) is 0.631. The Labute approximate surface area is 73.4 Å². The van der Waals surface area contributed by atoms with E-state index in [2.05, 4.69) is 6.92 Å². The van der Waals surface area contributed by atoms with Gasteiger partial charge in [0.2, 0.25) is 0 Å². The van der Waals surface area contributed by atoms with Gasteiger partial charge in [-0.1, -0.05) is 31.2 Å². The Bertz CT molecular complexity index is 258. The van der Waals surface area contributed by atoms with E-state index in [0.29, 0.717) is 0 Å². The minimum absolute atomic E-state index is 0.766. The molecule has 0 radical (unpaired) electrons. The molecule has 0 N–H and O–H groups in total. The summed E-state index contributed by atoms with van der Waals surface area (Å²) in [5.74, 6) is 0. The topological polar surface area (TPSA) is 0 Å². The molecule has 0 saturated carbocycles. The van der Waals surface area contributed by atoms with Gasteiger partial charge in [-0.05, 0) is 31.4 Å². The fraction of sp³-hybridized carbons (Fsp3) is 0.455. The van der Waals surface area contributed by atoms with Crippen LogP contribution in [0, 0.1) is 0 Å². The summed E-state index contributed by atoms with van der Waals surface area (Å²) in [6.07, 6.45) is 0.962. The number of hydrogen-bond donors (Lipinski definition) is 0. The molecule has 0 aliphatic carbocycles. The van der Waals surface area contributed by atoms with Crippen LogP contribution in [0.5, 0.6) is 0 Å². The zero-order valence-corrected chi connectivity index (χ0v) is 7.89. The van der Waals surface area contributed by atoms with Crippen molar-refractivity contribution in [2.45, 2.75) is 32.9 Å². The molecule has 1 aromatic carbocycles. The molecule has 0 unspecified atom stereocenters. The molecule has 12 heavy (non-hydrogen) atoms. The van der Waals surface area contributed by atoms with Gasteiger partial charge in [0.1, 0.15) is 5.67 Å². The Kier molecular flexibility index (Phi) is 2.51. The van der Waals surface area contributed by atoms with E-state index < -0.39 is 5.67 Å². The normalized spacial score (nSPS) is 11.7. The number of aryl methyl sites for hydroxylation is 1. The second-order valence-corrected chi connectivity index (χ2v) is 3.53. The van der Waals surface area contributed by atoms with Gasteiger partial charge in [0.25, 0.3) is 0 Å². The summed E-state index contributed by atoms with van der Waals surface area (Å²) < 4.78 is 13.4. The van der Waals surface area contributed by atoms with Crippen LogP contribution < -0.4 is 0 Å². The van der Waals surface area contributed by atoms with Gasteiger partial charge in [0.15, 0.2) is 0 Å². The predicted octanol–water partition coefficient (Wildman–Crippen LogP) is 3.45. The van der Waals surface area contributed by atoms with Crippen molar-refractivity contribution in [3.8, 4) is 0 Å². The monoisotopic (exact) mass is 166 g/mol. The molecule has 0 saturated heterocycles. The van der Waals surface area contributed by atoms with Crippen LogP contribution in [0.3, 0.4) is 0 Å². The SMILES string of the molecule is CCc1cccc(C(C)(C)F)c1. The molecular weight excluding hydrogens is 151 g/mol. The van der Waals surface area contributed by atoms with Crippen LogP contribution in [0.2, 0.25) is 0 Å². The summed E-state index contributed by atoms with van der Waals surface area (Å²) in [5.41, 5.74) is 0.741. The number of alkyl halides is 1. The molecule has 1 aromatic rings. The molecule has 1 heteroatoms. The summed E-state index contributed by atoms with van der Waals surface area (Å²) in [6.45, 7) is 5.24. The van der Waals surface area contributed by atoms with Crippen LogP contribution in [0.4, 0.5) is 4.39 Å². The maximum absolute atomic E-state index is 13.4. The van der Waals surface area contributed by atoms with Gasteiger partial charge in [-0.2, -0.15) is 0 Å². The lowest BCUT2D eigenvalue weighted by Gasteiger charge is -2.15. The molecule has 66 valence electrons. The van der Waals surface area contributed by atoms with Crippen LogP contribution >= 0.6 is 0 Å². The van der Waals surface area contributed by atoms with Gasteiger partial charge >= 0.3 is 0 Å². The zero-order valence-electron chi connectivity index (χ0n) is 7.89. The number of rotatable bonds is 2. The third kappa shape index (κ3) is 2.07. The first kappa shape index (κ1) is 9.24. The van der Waals surface area contributed by atoms with E-state index in [1.54, 1.807) is 13.8 Å². The van der Waals surface area contributed by atoms with Crippen LogP contribution in [0.25, 0.3) is 0 Å². The van der Waals surface area contributed by atoms with Gasteiger partial charge in [0, 0.05) is 0 Å². The van der Waals surface area contributed by atoms with E-state index >= 15 is 0 Å². The van der Waals surface area contributed by atoms with Gasteiger partial charge in [0.05, 0.1) is 0 Å². The van der Waals surface area contributed by atoms with Crippen molar-refractivity contribution < 1.29 is 4.39 Å². The molecule has 0 heterocycles. The van der Waals surface area contributed by atoms with Gasteiger partial charge in [-0.15, -0.1) is 0 Å². The molecule has 0 fully saturated rings. The lowest BCUT2D eigenvalue weighted by molar-refractivity contribution is 0.221. The van der Waals surface area contributed by atoms with Crippen molar-refractivity contribution in [3.05, 3.63) is 35.4 Å². The zero-order chi connectivity index (χ0) is 9.19. The lowest BCUT2D eigenvalue weighted by atomic mass is 9.97. The first-order valence-corrected chi connectivity index (χ1v) is 4.32. The largest absolute Gasteiger partial charge is 0.239 e. The van der Waals surface area contributed by atoms with E-state index in [1.165, 1.54) is 5.56 Å². The molecule has 1 rings (SSSR count). The second kappa shape index (κ2) is 3.26. The van der Waals surface area contributed by atoms with Crippen molar-refractivity contribution >= 4 is 0 Å². The fourth-order valence-corrected chi connectivity index (χ4v) is 1.16. The maximum Gasteiger partial charge on any atom is 0.130 e. The lowest BCUT2D eigenvalue weighted by Crippen LogP contribution is -2.08. The van der Waals surface area contributed by atoms with Crippen molar-refractivity contribution in [3.63, 3.8) is 0 Å². The number of benzene rings is 1. The average molecular weight is 166 g/mol. The Morgan fingerprint density at radius 2 is 2.00 bits per heavy atom. The Hall–Kier alpha value is -0.850. The van der Waals surface area contributed by atoms with E-state index in [9.17, 15) is 4.39 Å². The van der Waals surface area contributed by atoms with Gasteiger partial charge in [-0.3, -0.25) is 0 Å². The highest BCUT2D eigenvalue weighted by atomic mass is 19.1. The Morgan fingerprint density at radius 3 is 2.50 bits per heavy atom. The van der Waals surface area contributed by atoms with Crippen LogP contribution in [0.15, 0.2) is 24.3 Å². The predicted molar refractivity (Wildman–Crippen MR) is 50.0 cm³/mol. The van der Waals surface area contributed by atoms with E-state index in [0.717, 1.165) is 12.0 Å². The van der Waals surface area contributed by atoms with Crippen molar-refractivity contribution in [1.29, 1.82) is 0 Å². The second-order valence-electron chi connectivity index (χ2n) is 3.53. The summed E-state index contributed by atoms with van der Waals surface area (Å²) in [4.78, 5) is 0. The van der Waals surface area contributed by atoms with E-state index in [-0.39, 0.29) is 0 Å². The summed E-state index contributed by atoms with van der Waals surface area (Å²) in [6, 6.07) is 7.70. The highest BCUT2D eigenvalue weighted by Crippen LogP contribution is 2.24. The van der Waals surface area contributed by atoms with Crippen molar-refractivity contribution in [2.75, 3.05) is 0 Å². The van der Waals surface area contributed by atoms with Crippen LogP contribution in [-0.2, 0) is 12.1 Å². The highest BCUT2D eigenvalue weighted by molar-refractivity contribution is 5.27. The molecular formula is C11H15F. The van der Waals surface area contributed by atoms with Crippen molar-refractivity contribution in [2.24, 2.45) is 0 Å². The summed E-state index contributed by atoms with van der Waals surface area (Å²) in [7, 11) is 0. The third-order valence-electron chi connectivity index (χ3n) is 2.02. The molecule has 0 amide bonds. The van der Waals surface area contributed by atoms with E-state index in [1.807, 2.05) is 24.3 Å². The molecule has 0 aromatic heterocycles. The van der Waals surface area contributed by atoms with Crippen LogP contribution in [0.1, 0.15) is 31.9 Å². The highest BCUT2D eigenvalue weighted by Gasteiger charge is 2.17. The Balaban J connectivity index is 3.02. The smallest absolute Gasteiger partial charge is 0.130 e. The van der Waals surface area contributed by atoms with Crippen LogP contribution in [-0.4, -0.2) is 0 Å². The molecule has 0 atom stereocenters. The minimum Gasteiger partial charge on any atom is -0.239 e. The van der Waals surface area contributed by atoms with E-state index in [4.69, 9.17) is 0 Å². The standard InChI is InChI=1S/C11H15F/c1-4-9-6-5-7-10(8-9)11(2,3)12/h5-8H,4H2,1-3H3. The number of halogens is 1. The first-order valence-electron chi connectivity index (χ1n) is 4.32. The van der Waals surface area contributed by atoms with Gasteiger partial charge < -0.3 is 0 Å². The fourth-order valence-electron chi connectivity index (χ4n) is 1.16. The average Bonchev–Trinajstić information content (AvgIpc) is 2.03. The summed E-state index contributed by atoms with van der Waals surface area (Å²) >= 11 is 0. The molecule has 0 aliphatic rings. The van der Waals surface area contributed by atoms with Crippen molar-refractivity contribution in [1.82, 2.24) is 0 Å². The maximum atomic E-state index is 13.4. The molecule has 0 nitrogen and oxygen atoms in total. The summed E-state index contributed by atoms with van der Waals surface area (Å²) in [5, 5.41) is 0. The molecule has 0 bridgehead atoms. The molecule has 0 spiro atoms.